The van der Waals surface area contributed by atoms with Crippen LogP contribution in [0.4, 0.5) is 0 Å². The zero-order valence-corrected chi connectivity index (χ0v) is 22.6. The molecule has 0 aliphatic rings. The summed E-state index contributed by atoms with van der Waals surface area (Å²) in [6, 6.07) is 27.6. The first-order valence-corrected chi connectivity index (χ1v) is 10.3. The van der Waals surface area contributed by atoms with E-state index in [2.05, 4.69) is 9.97 Å². The van der Waals surface area contributed by atoms with Crippen molar-refractivity contribution in [3.63, 3.8) is 0 Å². The van der Waals surface area contributed by atoms with Gasteiger partial charge in [-0.25, -0.2) is 0 Å². The van der Waals surface area contributed by atoms with Crippen LogP contribution in [0, 0.1) is 20.2 Å². The quantitative estimate of drug-likeness (QED) is 0.161. The number of nitrogens with zero attached hydrogens (tertiary/aromatic N) is 4. The molecule has 0 saturated carbocycles. The average molecular weight is 552 g/mol. The molecule has 2 heterocycles. The Labute approximate surface area is 226 Å². The first-order valence-electron chi connectivity index (χ1n) is 10.3. The first kappa shape index (κ1) is 32.2. The standard InChI is InChI=1S/2C8H7NO3.2C5H5N.Zn/c2*10-8(6-9(11)12)7-4-2-1-3-5-7;2*1-2-4-6-5-3-1;/h2*1-6,10H;2*1-5H;/q;;;;+2/p-2/b2*8-6-;;;. The maximum absolute atomic E-state index is 11.0. The summed E-state index contributed by atoms with van der Waals surface area (Å²) in [7, 11) is 0. The van der Waals surface area contributed by atoms with Crippen LogP contribution in [0.3, 0.4) is 0 Å². The minimum atomic E-state index is -0.755. The molecule has 0 atom stereocenters. The fourth-order valence-electron chi connectivity index (χ4n) is 2.17. The summed E-state index contributed by atoms with van der Waals surface area (Å²) in [5.41, 5.74) is 0.656. The zero-order valence-electron chi connectivity index (χ0n) is 19.6. The third kappa shape index (κ3) is 17.3. The van der Waals surface area contributed by atoms with Crippen LogP contribution in [0.15, 0.2) is 134 Å². The van der Waals surface area contributed by atoms with E-state index in [1.54, 1.807) is 61.2 Å². The Morgan fingerprint density at radius 2 is 0.811 bits per heavy atom. The van der Waals surface area contributed by atoms with E-state index < -0.39 is 21.4 Å². The van der Waals surface area contributed by atoms with Gasteiger partial charge in [-0.2, -0.15) is 0 Å². The molecule has 4 rings (SSSR count). The minimum absolute atomic E-state index is 0. The number of aromatic nitrogens is 2. The maximum atomic E-state index is 11.0. The van der Waals surface area contributed by atoms with Crippen LogP contribution in [0.25, 0.3) is 11.5 Å². The normalized spacial score (nSPS) is 9.84. The summed E-state index contributed by atoms with van der Waals surface area (Å²) in [4.78, 5) is 25.9. The number of pyridine rings is 2. The Balaban J connectivity index is 0.000000485. The molecule has 0 amide bonds. The van der Waals surface area contributed by atoms with Gasteiger partial charge in [-0.15, -0.1) is 0 Å². The largest absolute Gasteiger partial charge is 2.00 e. The number of benzene rings is 2. The second kappa shape index (κ2) is 20.6. The summed E-state index contributed by atoms with van der Waals surface area (Å²) in [6.07, 6.45) is 7.91. The van der Waals surface area contributed by atoms with Crippen molar-refractivity contribution in [3.8, 4) is 0 Å². The fourth-order valence-corrected chi connectivity index (χ4v) is 2.17. The molecule has 0 aliphatic heterocycles. The van der Waals surface area contributed by atoms with Crippen molar-refractivity contribution in [1.29, 1.82) is 0 Å². The predicted octanol–water partition coefficient (Wildman–Crippen LogP) is 3.40. The molecular weight excluding hydrogens is 530 g/mol. The van der Waals surface area contributed by atoms with Gasteiger partial charge in [0, 0.05) is 24.8 Å². The van der Waals surface area contributed by atoms with Crippen LogP contribution in [-0.4, -0.2) is 19.8 Å². The number of hydrogen-bond acceptors (Lipinski definition) is 8. The molecule has 0 N–H and O–H groups in total. The Bertz CT molecular complexity index is 1050. The minimum Gasteiger partial charge on any atom is -0.868 e. The van der Waals surface area contributed by atoms with E-state index in [-0.39, 0.29) is 19.5 Å². The second-order valence-electron chi connectivity index (χ2n) is 6.34. The van der Waals surface area contributed by atoms with Gasteiger partial charge in [0.15, 0.2) is 0 Å². The molecule has 11 heteroatoms. The van der Waals surface area contributed by atoms with E-state index in [1.165, 1.54) is 24.3 Å². The van der Waals surface area contributed by atoms with E-state index in [4.69, 9.17) is 0 Å². The van der Waals surface area contributed by atoms with E-state index in [0.717, 1.165) is 0 Å². The van der Waals surface area contributed by atoms with Crippen LogP contribution in [0.2, 0.25) is 0 Å². The van der Waals surface area contributed by atoms with Gasteiger partial charge in [0.1, 0.15) is 0 Å². The SMILES string of the molecule is O=[N+]([O-])/C=C(\[O-])c1ccccc1.O=[N+]([O-])/C=C(\[O-])c1ccccc1.[Zn+2].c1ccncc1.c1ccncc1. The van der Waals surface area contributed by atoms with Crippen molar-refractivity contribution in [1.82, 2.24) is 9.97 Å². The molecule has 4 aromatic rings. The molecule has 10 nitrogen and oxygen atoms in total. The Kier molecular flexibility index (Phi) is 18.0. The number of nitro groups is 2. The van der Waals surface area contributed by atoms with Gasteiger partial charge in [-0.3, -0.25) is 30.2 Å². The van der Waals surface area contributed by atoms with Gasteiger partial charge in [-0.1, -0.05) is 72.8 Å². The molecule has 0 bridgehead atoms. The van der Waals surface area contributed by atoms with Crippen LogP contribution in [0.5, 0.6) is 0 Å². The molecule has 184 valence electrons. The maximum Gasteiger partial charge on any atom is 2.00 e. The number of rotatable bonds is 4. The molecule has 2 aromatic heterocycles. The summed E-state index contributed by atoms with van der Waals surface area (Å²) < 4.78 is 0. The van der Waals surface area contributed by atoms with Gasteiger partial charge in [0.05, 0.1) is 9.85 Å². The van der Waals surface area contributed by atoms with Gasteiger partial charge >= 0.3 is 19.5 Å². The van der Waals surface area contributed by atoms with Crippen LogP contribution >= 0.6 is 0 Å². The molecule has 0 spiro atoms. The van der Waals surface area contributed by atoms with E-state index in [1.807, 2.05) is 36.4 Å². The molecule has 0 radical (unpaired) electrons. The van der Waals surface area contributed by atoms with Crippen molar-refractivity contribution in [2.24, 2.45) is 0 Å². The molecular formula is C26H22N4O6Zn. The van der Waals surface area contributed by atoms with Crippen LogP contribution in [-0.2, 0) is 19.5 Å². The van der Waals surface area contributed by atoms with Gasteiger partial charge in [0.2, 0.25) is 12.4 Å². The third-order valence-electron chi connectivity index (χ3n) is 3.69. The van der Waals surface area contributed by atoms with Crippen molar-refractivity contribution in [3.05, 3.63) is 166 Å². The summed E-state index contributed by atoms with van der Waals surface area (Å²) in [6.45, 7) is 0. The van der Waals surface area contributed by atoms with Crippen LogP contribution < -0.4 is 10.2 Å². The smallest absolute Gasteiger partial charge is 0.868 e. The summed E-state index contributed by atoms with van der Waals surface area (Å²) in [5, 5.41) is 41.7. The van der Waals surface area contributed by atoms with Crippen LogP contribution in [0.1, 0.15) is 11.1 Å². The van der Waals surface area contributed by atoms with Gasteiger partial charge < -0.3 is 10.2 Å². The third-order valence-corrected chi connectivity index (χ3v) is 3.69. The molecule has 0 aliphatic carbocycles. The first-order chi connectivity index (χ1) is 17.4. The summed E-state index contributed by atoms with van der Waals surface area (Å²) in [5.74, 6) is -1.17. The Hall–Kier alpha value is -4.76. The van der Waals surface area contributed by atoms with Crippen molar-refractivity contribution < 1.29 is 39.5 Å². The van der Waals surface area contributed by atoms with E-state index in [0.29, 0.717) is 23.5 Å². The second-order valence-corrected chi connectivity index (χ2v) is 6.34. The number of hydrogen-bond donors (Lipinski definition) is 0. The van der Waals surface area contributed by atoms with Gasteiger partial charge in [0.25, 0.3) is 0 Å². The topological polar surface area (TPSA) is 158 Å². The Morgan fingerprint density at radius 3 is 1.00 bits per heavy atom. The molecule has 2 aromatic carbocycles. The average Bonchev–Trinajstić information content (AvgIpc) is 2.92. The van der Waals surface area contributed by atoms with E-state index in [9.17, 15) is 30.4 Å². The molecule has 0 fully saturated rings. The zero-order chi connectivity index (χ0) is 26.4. The monoisotopic (exact) mass is 550 g/mol. The molecule has 0 saturated heterocycles. The molecule has 0 unspecified atom stereocenters. The molecule has 37 heavy (non-hydrogen) atoms. The Morgan fingerprint density at radius 1 is 0.541 bits per heavy atom. The van der Waals surface area contributed by atoms with Crippen molar-refractivity contribution in [2.75, 3.05) is 0 Å². The van der Waals surface area contributed by atoms with E-state index >= 15 is 0 Å². The van der Waals surface area contributed by atoms with Crippen molar-refractivity contribution in [2.45, 2.75) is 0 Å². The summed E-state index contributed by atoms with van der Waals surface area (Å²) >= 11 is 0. The predicted molar refractivity (Wildman–Crippen MR) is 131 cm³/mol. The fraction of sp³-hybridized carbons (Fsp3) is 0. The van der Waals surface area contributed by atoms with Crippen molar-refractivity contribution >= 4 is 11.5 Å². The van der Waals surface area contributed by atoms with Gasteiger partial charge in [-0.05, 0) is 46.9 Å².